The molecule has 1 heterocycles. The van der Waals surface area contributed by atoms with E-state index >= 15 is 0 Å². The zero-order valence-corrected chi connectivity index (χ0v) is 15.9. The van der Waals surface area contributed by atoms with Gasteiger partial charge in [0.2, 0.25) is 0 Å². The Kier molecular flexibility index (Phi) is 5.83. The van der Waals surface area contributed by atoms with Crippen molar-refractivity contribution in [1.82, 2.24) is 5.43 Å². The zero-order valence-electron chi connectivity index (χ0n) is 14.3. The van der Waals surface area contributed by atoms with Gasteiger partial charge in [-0.2, -0.15) is 5.10 Å². The van der Waals surface area contributed by atoms with E-state index in [4.69, 9.17) is 4.42 Å². The summed E-state index contributed by atoms with van der Waals surface area (Å²) in [5, 5.41) is 3.90. The van der Waals surface area contributed by atoms with Gasteiger partial charge < -0.3 is 9.15 Å². The highest BCUT2D eigenvalue weighted by molar-refractivity contribution is 9.10. The van der Waals surface area contributed by atoms with Gasteiger partial charge in [0.25, 0.3) is 5.91 Å². The minimum Gasteiger partial charge on any atom is -0.465 e. The summed E-state index contributed by atoms with van der Waals surface area (Å²) < 4.78 is 11.2. The van der Waals surface area contributed by atoms with E-state index in [2.05, 4.69) is 31.2 Å². The zero-order chi connectivity index (χ0) is 19.2. The fourth-order valence-electron chi connectivity index (χ4n) is 2.29. The van der Waals surface area contributed by atoms with E-state index < -0.39 is 5.97 Å². The third kappa shape index (κ3) is 4.71. The predicted octanol–water partition coefficient (Wildman–Crippen LogP) is 4.26. The number of halogens is 1. The molecule has 0 aliphatic heterocycles. The van der Waals surface area contributed by atoms with Crippen molar-refractivity contribution in [1.29, 1.82) is 0 Å². The average molecular weight is 427 g/mol. The van der Waals surface area contributed by atoms with E-state index in [1.165, 1.54) is 13.3 Å². The number of furan rings is 1. The van der Waals surface area contributed by atoms with E-state index in [1.807, 2.05) is 0 Å². The Morgan fingerprint density at radius 2 is 1.67 bits per heavy atom. The summed E-state index contributed by atoms with van der Waals surface area (Å²) >= 11 is 3.32. The van der Waals surface area contributed by atoms with E-state index in [-0.39, 0.29) is 5.91 Å². The van der Waals surface area contributed by atoms with Crippen molar-refractivity contribution >= 4 is 34.0 Å². The van der Waals surface area contributed by atoms with Crippen molar-refractivity contribution in [3.63, 3.8) is 0 Å². The third-order valence-corrected chi connectivity index (χ3v) is 4.21. The highest BCUT2D eigenvalue weighted by Crippen LogP contribution is 2.22. The van der Waals surface area contributed by atoms with Gasteiger partial charge in [0, 0.05) is 15.6 Å². The lowest BCUT2D eigenvalue weighted by atomic mass is 10.1. The molecule has 27 heavy (non-hydrogen) atoms. The topological polar surface area (TPSA) is 80.9 Å². The van der Waals surface area contributed by atoms with Gasteiger partial charge in [-0.05, 0) is 48.5 Å². The Morgan fingerprint density at radius 3 is 2.33 bits per heavy atom. The fourth-order valence-corrected chi connectivity index (χ4v) is 2.55. The first-order chi connectivity index (χ1) is 13.1. The Labute approximate surface area is 164 Å². The highest BCUT2D eigenvalue weighted by Gasteiger charge is 2.08. The summed E-state index contributed by atoms with van der Waals surface area (Å²) in [6.45, 7) is 0. The summed E-state index contributed by atoms with van der Waals surface area (Å²) in [6, 6.07) is 17.3. The number of esters is 1. The van der Waals surface area contributed by atoms with Crippen LogP contribution in [0.15, 0.2) is 74.7 Å². The Morgan fingerprint density at radius 1 is 1.00 bits per heavy atom. The molecule has 3 rings (SSSR count). The largest absolute Gasteiger partial charge is 0.465 e. The van der Waals surface area contributed by atoms with Crippen LogP contribution >= 0.6 is 15.9 Å². The van der Waals surface area contributed by atoms with Crippen molar-refractivity contribution < 1.29 is 18.7 Å². The van der Waals surface area contributed by atoms with Gasteiger partial charge in [0.15, 0.2) is 0 Å². The van der Waals surface area contributed by atoms with Crippen LogP contribution in [0.5, 0.6) is 0 Å². The fraction of sp³-hybridized carbons (Fsp3) is 0.0500. The van der Waals surface area contributed by atoms with Crippen LogP contribution in [0.1, 0.15) is 26.5 Å². The maximum atomic E-state index is 12.0. The summed E-state index contributed by atoms with van der Waals surface area (Å²) in [4.78, 5) is 23.4. The van der Waals surface area contributed by atoms with Crippen molar-refractivity contribution in [2.24, 2.45) is 5.10 Å². The SMILES string of the molecule is COC(=O)c1ccc(-c2ccc(/C=N\NC(=O)c3ccc(Br)cc3)o2)cc1. The van der Waals surface area contributed by atoms with Crippen LogP contribution in [0.25, 0.3) is 11.3 Å². The molecular weight excluding hydrogens is 412 g/mol. The second kappa shape index (κ2) is 8.46. The van der Waals surface area contributed by atoms with Gasteiger partial charge in [-0.3, -0.25) is 4.79 Å². The molecule has 0 atom stereocenters. The van der Waals surface area contributed by atoms with Crippen molar-refractivity contribution in [3.8, 4) is 11.3 Å². The quantitative estimate of drug-likeness (QED) is 0.375. The Balaban J connectivity index is 1.63. The van der Waals surface area contributed by atoms with Crippen LogP contribution in [0, 0.1) is 0 Å². The monoisotopic (exact) mass is 426 g/mol. The predicted molar refractivity (Wildman–Crippen MR) is 105 cm³/mol. The summed E-state index contributed by atoms with van der Waals surface area (Å²) in [5.41, 5.74) is 4.22. The molecule has 0 spiro atoms. The number of ether oxygens (including phenoxy) is 1. The number of amides is 1. The molecule has 0 saturated heterocycles. The first-order valence-electron chi connectivity index (χ1n) is 7.94. The van der Waals surface area contributed by atoms with Gasteiger partial charge in [0.05, 0.1) is 18.9 Å². The van der Waals surface area contributed by atoms with E-state index in [1.54, 1.807) is 60.7 Å². The molecule has 2 aromatic carbocycles. The highest BCUT2D eigenvalue weighted by atomic mass is 79.9. The lowest BCUT2D eigenvalue weighted by molar-refractivity contribution is 0.0600. The van der Waals surface area contributed by atoms with Crippen LogP contribution in [0.4, 0.5) is 0 Å². The molecule has 0 fully saturated rings. The number of hydrogen-bond donors (Lipinski definition) is 1. The lowest BCUT2D eigenvalue weighted by Crippen LogP contribution is -2.17. The summed E-state index contributed by atoms with van der Waals surface area (Å²) in [6.07, 6.45) is 1.42. The number of methoxy groups -OCH3 is 1. The molecule has 0 aliphatic carbocycles. The maximum absolute atomic E-state index is 12.0. The second-order valence-electron chi connectivity index (χ2n) is 5.48. The minimum absolute atomic E-state index is 0.316. The first kappa shape index (κ1) is 18.6. The van der Waals surface area contributed by atoms with Gasteiger partial charge >= 0.3 is 5.97 Å². The van der Waals surface area contributed by atoms with Gasteiger partial charge in [-0.1, -0.05) is 28.1 Å². The molecule has 0 unspecified atom stereocenters. The molecule has 1 amide bonds. The van der Waals surface area contributed by atoms with Crippen LogP contribution in [0.2, 0.25) is 0 Å². The van der Waals surface area contributed by atoms with Crippen LogP contribution in [-0.2, 0) is 4.74 Å². The maximum Gasteiger partial charge on any atom is 0.337 e. The number of carbonyl (C=O) groups is 2. The van der Waals surface area contributed by atoms with Gasteiger partial charge in [0.1, 0.15) is 11.5 Å². The van der Waals surface area contributed by atoms with E-state index in [0.717, 1.165) is 10.0 Å². The first-order valence-corrected chi connectivity index (χ1v) is 8.73. The van der Waals surface area contributed by atoms with Crippen molar-refractivity contribution in [2.45, 2.75) is 0 Å². The van der Waals surface area contributed by atoms with Crippen LogP contribution in [-0.4, -0.2) is 25.2 Å². The van der Waals surface area contributed by atoms with Gasteiger partial charge in [-0.15, -0.1) is 0 Å². The molecular formula is C20H15BrN2O4. The smallest absolute Gasteiger partial charge is 0.337 e. The number of hydrazone groups is 1. The number of rotatable bonds is 5. The summed E-state index contributed by atoms with van der Waals surface area (Å²) in [5.74, 6) is 0.393. The van der Waals surface area contributed by atoms with Crippen molar-refractivity contribution in [3.05, 3.63) is 82.0 Å². The average Bonchev–Trinajstić information content (AvgIpc) is 3.17. The molecule has 0 saturated carbocycles. The van der Waals surface area contributed by atoms with E-state index in [0.29, 0.717) is 22.6 Å². The van der Waals surface area contributed by atoms with Crippen LogP contribution < -0.4 is 5.43 Å². The van der Waals surface area contributed by atoms with Crippen molar-refractivity contribution in [2.75, 3.05) is 7.11 Å². The molecule has 136 valence electrons. The number of benzene rings is 2. The number of carbonyl (C=O) groups excluding carboxylic acids is 2. The summed E-state index contributed by atoms with van der Waals surface area (Å²) in [7, 11) is 1.34. The normalized spacial score (nSPS) is 10.7. The van der Waals surface area contributed by atoms with E-state index in [9.17, 15) is 9.59 Å². The number of nitrogens with one attached hydrogen (secondary N) is 1. The number of hydrogen-bond acceptors (Lipinski definition) is 5. The molecule has 7 heteroatoms. The van der Waals surface area contributed by atoms with Gasteiger partial charge in [-0.25, -0.2) is 10.2 Å². The number of nitrogens with zero attached hydrogens (tertiary/aromatic N) is 1. The molecule has 3 aromatic rings. The Hall–Kier alpha value is -3.19. The third-order valence-electron chi connectivity index (χ3n) is 3.68. The standard InChI is InChI=1S/C20H15BrN2O4/c1-26-20(25)15-4-2-13(3-5-15)18-11-10-17(27-18)12-22-23-19(24)14-6-8-16(21)9-7-14/h2-12H,1H3,(H,23,24)/b22-12-. The second-order valence-corrected chi connectivity index (χ2v) is 6.39. The molecule has 0 bridgehead atoms. The molecule has 0 aliphatic rings. The van der Waals surface area contributed by atoms with Crippen LogP contribution in [0.3, 0.4) is 0 Å². The minimum atomic E-state index is -0.393. The Bertz CT molecular complexity index is 976. The molecule has 6 nitrogen and oxygen atoms in total. The lowest BCUT2D eigenvalue weighted by Gasteiger charge is -2.00. The molecule has 1 aromatic heterocycles. The molecule has 1 N–H and O–H groups in total. The molecule has 0 radical (unpaired) electrons.